The largest absolute Gasteiger partial charge is 0.457 e. The number of aliphatic hydroxyl groups is 1. The molecule has 0 bridgehead atoms. The van der Waals surface area contributed by atoms with Crippen LogP contribution >= 0.6 is 11.8 Å². The van der Waals surface area contributed by atoms with Crippen LogP contribution in [0.2, 0.25) is 0 Å². The molecule has 29 heavy (non-hydrogen) atoms. The van der Waals surface area contributed by atoms with Crippen LogP contribution in [0.3, 0.4) is 0 Å². The highest BCUT2D eigenvalue weighted by atomic mass is 32.2. The van der Waals surface area contributed by atoms with E-state index in [1.54, 1.807) is 32.9 Å². The van der Waals surface area contributed by atoms with Gasteiger partial charge >= 0.3 is 5.97 Å². The van der Waals surface area contributed by atoms with Crippen LogP contribution in [0.1, 0.15) is 48.4 Å². The van der Waals surface area contributed by atoms with Crippen molar-refractivity contribution in [3.8, 4) is 0 Å². The van der Waals surface area contributed by atoms with Crippen molar-refractivity contribution in [2.75, 3.05) is 0 Å². The van der Waals surface area contributed by atoms with Gasteiger partial charge in [0.25, 0.3) is 17.7 Å². The summed E-state index contributed by atoms with van der Waals surface area (Å²) in [5.74, 6) is -3.22. The number of hydrogen-bond acceptors (Lipinski definition) is 8. The van der Waals surface area contributed by atoms with E-state index in [1.807, 2.05) is 0 Å². The molecule has 1 N–H and O–H groups in total. The van der Waals surface area contributed by atoms with Crippen molar-refractivity contribution in [3.05, 3.63) is 35.4 Å². The maximum atomic E-state index is 12.8. The molecule has 3 atom stereocenters. The van der Waals surface area contributed by atoms with Gasteiger partial charge in [0, 0.05) is 6.92 Å². The molecule has 3 rings (SSSR count). The number of likely N-dealkylation sites (tertiary alicyclic amines) is 1. The molecule has 1 saturated heterocycles. The Balaban J connectivity index is 1.89. The molecule has 0 radical (unpaired) electrons. The minimum atomic E-state index is -1.97. The summed E-state index contributed by atoms with van der Waals surface area (Å²) in [6, 6.07) is 4.82. The number of rotatable bonds is 4. The number of thioether (sulfide) groups is 1. The van der Waals surface area contributed by atoms with Gasteiger partial charge in [-0.3, -0.25) is 29.0 Å². The highest BCUT2D eigenvalue weighted by molar-refractivity contribution is 8.14. The third-order valence-electron chi connectivity index (χ3n) is 4.32. The number of aliphatic hydroxyl groups excluding tert-OH is 1. The van der Waals surface area contributed by atoms with E-state index in [1.165, 1.54) is 19.1 Å². The van der Waals surface area contributed by atoms with E-state index in [2.05, 4.69) is 0 Å². The Morgan fingerprint density at radius 1 is 1.10 bits per heavy atom. The van der Waals surface area contributed by atoms with Crippen molar-refractivity contribution in [1.82, 2.24) is 9.80 Å². The zero-order chi connectivity index (χ0) is 21.7. The second-order valence-electron chi connectivity index (χ2n) is 7.62. The number of amides is 3. The van der Waals surface area contributed by atoms with Gasteiger partial charge in [0.2, 0.25) is 6.23 Å². The predicted octanol–water partition coefficient (Wildman–Crippen LogP) is 0.759. The first-order valence-corrected chi connectivity index (χ1v) is 9.69. The molecule has 1 aromatic carbocycles. The lowest BCUT2D eigenvalue weighted by atomic mass is 10.0. The first-order valence-electron chi connectivity index (χ1n) is 8.81. The van der Waals surface area contributed by atoms with Crippen molar-refractivity contribution in [1.29, 1.82) is 0 Å². The van der Waals surface area contributed by atoms with Gasteiger partial charge in [-0.1, -0.05) is 23.9 Å². The number of carbonyl (C=O) groups is 5. The summed E-state index contributed by atoms with van der Waals surface area (Å²) < 4.78 is 5.09. The zero-order valence-corrected chi connectivity index (χ0v) is 17.1. The number of imide groups is 1. The fourth-order valence-corrected chi connectivity index (χ4v) is 4.23. The molecule has 1 aromatic rings. The normalized spacial score (nSPS) is 22.3. The molecule has 0 aliphatic carbocycles. The SMILES string of the molecule is CC(=O)S[C@@H]1[C@H](N2C(=O)c3ccccc3C2=O)C(=O)N1C(O)C(=O)OC(C)(C)C. The lowest BCUT2D eigenvalue weighted by Crippen LogP contribution is -2.74. The molecule has 0 spiro atoms. The van der Waals surface area contributed by atoms with Crippen molar-refractivity contribution in [2.45, 2.75) is 50.9 Å². The van der Waals surface area contributed by atoms with Crippen LogP contribution in [0.25, 0.3) is 0 Å². The van der Waals surface area contributed by atoms with Crippen LogP contribution in [0.4, 0.5) is 0 Å². The molecule has 2 aliphatic rings. The lowest BCUT2D eigenvalue weighted by Gasteiger charge is -2.49. The number of benzene rings is 1. The monoisotopic (exact) mass is 420 g/mol. The van der Waals surface area contributed by atoms with Gasteiger partial charge < -0.3 is 9.84 Å². The molecule has 2 heterocycles. The van der Waals surface area contributed by atoms with Crippen LogP contribution in [-0.4, -0.2) is 67.0 Å². The van der Waals surface area contributed by atoms with Gasteiger partial charge in [0.05, 0.1) is 11.1 Å². The minimum Gasteiger partial charge on any atom is -0.457 e. The minimum absolute atomic E-state index is 0.156. The van der Waals surface area contributed by atoms with Crippen molar-refractivity contribution >= 4 is 40.6 Å². The Bertz CT molecular complexity index is 888. The molecule has 0 saturated carbocycles. The Hall–Kier alpha value is -2.72. The summed E-state index contributed by atoms with van der Waals surface area (Å²) in [7, 11) is 0. The zero-order valence-electron chi connectivity index (χ0n) is 16.2. The van der Waals surface area contributed by atoms with E-state index in [4.69, 9.17) is 4.74 Å². The second kappa shape index (κ2) is 7.27. The summed E-state index contributed by atoms with van der Waals surface area (Å²) in [5, 5.41) is 8.82. The van der Waals surface area contributed by atoms with E-state index in [-0.39, 0.29) is 11.1 Å². The highest BCUT2D eigenvalue weighted by Crippen LogP contribution is 2.39. The summed E-state index contributed by atoms with van der Waals surface area (Å²) in [5.41, 5.74) is -0.594. The Kier molecular flexibility index (Phi) is 5.26. The molecule has 0 aromatic heterocycles. The smallest absolute Gasteiger partial charge is 0.357 e. The molecule has 9 nitrogen and oxygen atoms in total. The molecule has 3 amide bonds. The molecule has 1 unspecified atom stereocenters. The summed E-state index contributed by atoms with van der Waals surface area (Å²) in [6.07, 6.45) is -1.97. The molecular formula is C19H20N2O7S. The van der Waals surface area contributed by atoms with Crippen LogP contribution < -0.4 is 0 Å². The Morgan fingerprint density at radius 3 is 2.07 bits per heavy atom. The number of carbonyl (C=O) groups excluding carboxylic acids is 5. The average Bonchev–Trinajstić information content (AvgIpc) is 2.85. The molecule has 1 fully saturated rings. The van der Waals surface area contributed by atoms with E-state index < -0.39 is 52.1 Å². The van der Waals surface area contributed by atoms with Gasteiger partial charge in [-0.25, -0.2) is 4.79 Å². The molecule has 10 heteroatoms. The van der Waals surface area contributed by atoms with Crippen LogP contribution in [0.15, 0.2) is 24.3 Å². The van der Waals surface area contributed by atoms with E-state index >= 15 is 0 Å². The van der Waals surface area contributed by atoms with E-state index in [0.29, 0.717) is 11.8 Å². The summed E-state index contributed by atoms with van der Waals surface area (Å²) >= 11 is 0.647. The standard InChI is InChI=1S/C19H20N2O7S/c1-9(22)29-17-12(15(25)21(17)16(26)18(27)28-19(2,3)4)20-13(23)10-7-5-6-8-11(10)14(20)24/h5-8,12,16-17,26H,1-4H3/t12-,16?,17-/m1/s1. The lowest BCUT2D eigenvalue weighted by molar-refractivity contribution is -0.191. The number of hydrogen-bond donors (Lipinski definition) is 1. The van der Waals surface area contributed by atoms with Gasteiger partial charge in [0.15, 0.2) is 5.12 Å². The van der Waals surface area contributed by atoms with Gasteiger partial charge in [0.1, 0.15) is 17.0 Å². The maximum absolute atomic E-state index is 12.8. The number of esters is 1. The van der Waals surface area contributed by atoms with Crippen molar-refractivity contribution in [2.24, 2.45) is 0 Å². The number of ether oxygens (including phenoxy) is 1. The van der Waals surface area contributed by atoms with Crippen LogP contribution in [0.5, 0.6) is 0 Å². The van der Waals surface area contributed by atoms with Crippen molar-refractivity contribution in [3.63, 3.8) is 0 Å². The van der Waals surface area contributed by atoms with Gasteiger partial charge in [-0.05, 0) is 32.9 Å². The summed E-state index contributed by atoms with van der Waals surface area (Å²) in [4.78, 5) is 63.6. The fraction of sp³-hybridized carbons (Fsp3) is 0.421. The molecule has 154 valence electrons. The van der Waals surface area contributed by atoms with Crippen LogP contribution in [-0.2, 0) is 19.1 Å². The molecular weight excluding hydrogens is 400 g/mol. The van der Waals surface area contributed by atoms with E-state index in [0.717, 1.165) is 9.80 Å². The number of fused-ring (bicyclic) bond motifs is 1. The topological polar surface area (TPSA) is 121 Å². The number of β-lactam (4-membered cyclic amide) rings is 1. The predicted molar refractivity (Wildman–Crippen MR) is 101 cm³/mol. The third-order valence-corrected chi connectivity index (χ3v) is 5.38. The second-order valence-corrected chi connectivity index (χ2v) is 8.92. The molecule has 2 aliphatic heterocycles. The Labute approximate surface area is 171 Å². The Morgan fingerprint density at radius 2 is 1.62 bits per heavy atom. The van der Waals surface area contributed by atoms with Gasteiger partial charge in [-0.15, -0.1) is 0 Å². The maximum Gasteiger partial charge on any atom is 0.357 e. The number of nitrogens with zero attached hydrogens (tertiary/aromatic N) is 2. The average molecular weight is 420 g/mol. The first kappa shape index (κ1) is 21.0. The first-order chi connectivity index (χ1) is 13.4. The van der Waals surface area contributed by atoms with Crippen molar-refractivity contribution < 1.29 is 33.8 Å². The quantitative estimate of drug-likeness (QED) is 0.430. The highest BCUT2D eigenvalue weighted by Gasteiger charge is 2.60. The van der Waals surface area contributed by atoms with Crippen LogP contribution in [0, 0.1) is 0 Å². The summed E-state index contributed by atoms with van der Waals surface area (Å²) in [6.45, 7) is 6.03. The fourth-order valence-electron chi connectivity index (χ4n) is 3.19. The van der Waals surface area contributed by atoms with E-state index in [9.17, 15) is 29.1 Å². The van der Waals surface area contributed by atoms with Gasteiger partial charge in [-0.2, -0.15) is 0 Å². The third kappa shape index (κ3) is 3.65.